The molecule has 1 heterocycles. The third kappa shape index (κ3) is 2.79. The molecule has 0 aliphatic heterocycles. The van der Waals surface area contributed by atoms with E-state index in [2.05, 4.69) is 21.6 Å². The molecular weight excluding hydrogens is 230 g/mol. The zero-order chi connectivity index (χ0) is 11.7. The van der Waals surface area contributed by atoms with Gasteiger partial charge in [0.1, 0.15) is 5.82 Å². The fourth-order valence-electron chi connectivity index (χ4n) is 2.69. The molecule has 0 spiro atoms. The summed E-state index contributed by atoms with van der Waals surface area (Å²) in [5.74, 6) is 1.75. The fourth-order valence-corrected chi connectivity index (χ4v) is 3.33. The van der Waals surface area contributed by atoms with E-state index in [1.54, 1.807) is 0 Å². The average molecular weight is 251 g/mol. The molecule has 4 heteroatoms. The van der Waals surface area contributed by atoms with E-state index in [1.165, 1.54) is 56.5 Å². The molecule has 2 aliphatic carbocycles. The molecule has 1 N–H and O–H groups in total. The van der Waals surface area contributed by atoms with E-state index in [1.807, 2.05) is 0 Å². The molecule has 17 heavy (non-hydrogen) atoms. The molecule has 0 saturated heterocycles. The zero-order valence-electron chi connectivity index (χ0n) is 10.5. The SMILES string of the molecule is CC1(CNc2nc(C3CC3)ns2)CCCCC1. The first-order chi connectivity index (χ1) is 8.25. The predicted octanol–water partition coefficient (Wildman–Crippen LogP) is 3.80. The Kier molecular flexibility index (Phi) is 3.07. The second kappa shape index (κ2) is 4.56. The number of hydrogen-bond donors (Lipinski definition) is 1. The van der Waals surface area contributed by atoms with Crippen molar-refractivity contribution < 1.29 is 0 Å². The molecule has 0 amide bonds. The van der Waals surface area contributed by atoms with Crippen molar-refractivity contribution in [2.75, 3.05) is 11.9 Å². The molecule has 94 valence electrons. The van der Waals surface area contributed by atoms with E-state index in [0.29, 0.717) is 11.3 Å². The molecular formula is C13H21N3S. The molecule has 2 aliphatic rings. The van der Waals surface area contributed by atoms with Gasteiger partial charge in [-0.25, -0.2) is 4.98 Å². The van der Waals surface area contributed by atoms with Gasteiger partial charge in [-0.05, 0) is 31.1 Å². The Morgan fingerprint density at radius 2 is 2.06 bits per heavy atom. The van der Waals surface area contributed by atoms with Crippen molar-refractivity contribution in [2.45, 2.75) is 57.8 Å². The first-order valence-corrected chi connectivity index (χ1v) is 7.60. The normalized spacial score (nSPS) is 23.6. The number of nitrogens with zero attached hydrogens (tertiary/aromatic N) is 2. The number of nitrogens with one attached hydrogen (secondary N) is 1. The highest BCUT2D eigenvalue weighted by molar-refractivity contribution is 7.09. The van der Waals surface area contributed by atoms with E-state index < -0.39 is 0 Å². The molecule has 2 saturated carbocycles. The lowest BCUT2D eigenvalue weighted by molar-refractivity contribution is 0.233. The summed E-state index contributed by atoms with van der Waals surface area (Å²) >= 11 is 1.53. The van der Waals surface area contributed by atoms with Gasteiger partial charge in [-0.15, -0.1) is 0 Å². The number of hydrogen-bond acceptors (Lipinski definition) is 4. The minimum Gasteiger partial charge on any atom is -0.360 e. The smallest absolute Gasteiger partial charge is 0.202 e. The van der Waals surface area contributed by atoms with Crippen molar-refractivity contribution in [3.8, 4) is 0 Å². The van der Waals surface area contributed by atoms with Crippen molar-refractivity contribution >= 4 is 16.7 Å². The first-order valence-electron chi connectivity index (χ1n) is 6.83. The molecule has 1 aromatic heterocycles. The summed E-state index contributed by atoms with van der Waals surface area (Å²) in [5.41, 5.74) is 0.476. The molecule has 0 atom stereocenters. The Hall–Kier alpha value is -0.640. The van der Waals surface area contributed by atoms with Gasteiger partial charge in [-0.2, -0.15) is 4.37 Å². The van der Waals surface area contributed by atoms with Crippen molar-refractivity contribution in [3.63, 3.8) is 0 Å². The third-order valence-corrected chi connectivity index (χ3v) is 4.80. The monoisotopic (exact) mass is 251 g/mol. The summed E-state index contributed by atoms with van der Waals surface area (Å²) in [5, 5.41) is 4.53. The highest BCUT2D eigenvalue weighted by Gasteiger charge is 2.29. The van der Waals surface area contributed by atoms with Crippen LogP contribution in [0.15, 0.2) is 0 Å². The maximum absolute atomic E-state index is 4.58. The Balaban J connectivity index is 1.55. The molecule has 0 aromatic carbocycles. The quantitative estimate of drug-likeness (QED) is 0.884. The number of rotatable bonds is 4. The van der Waals surface area contributed by atoms with Gasteiger partial charge in [0.25, 0.3) is 0 Å². The van der Waals surface area contributed by atoms with Gasteiger partial charge in [-0.3, -0.25) is 0 Å². The van der Waals surface area contributed by atoms with Crippen molar-refractivity contribution in [3.05, 3.63) is 5.82 Å². The van der Waals surface area contributed by atoms with E-state index in [0.717, 1.165) is 17.5 Å². The van der Waals surface area contributed by atoms with Crippen molar-refractivity contribution in [1.82, 2.24) is 9.36 Å². The molecule has 3 rings (SSSR count). The van der Waals surface area contributed by atoms with Crippen LogP contribution < -0.4 is 5.32 Å². The molecule has 0 unspecified atom stereocenters. The van der Waals surface area contributed by atoms with Crippen LogP contribution in [0.2, 0.25) is 0 Å². The minimum atomic E-state index is 0.476. The lowest BCUT2D eigenvalue weighted by atomic mass is 9.76. The van der Waals surface area contributed by atoms with Crippen LogP contribution in [0, 0.1) is 5.41 Å². The summed E-state index contributed by atoms with van der Waals surface area (Å²) < 4.78 is 4.43. The van der Waals surface area contributed by atoms with Crippen LogP contribution >= 0.6 is 11.5 Å². The average Bonchev–Trinajstić information content (AvgIpc) is 3.07. The Bertz CT molecular complexity index is 378. The summed E-state index contributed by atoms with van der Waals surface area (Å²) in [4.78, 5) is 4.58. The summed E-state index contributed by atoms with van der Waals surface area (Å²) in [6, 6.07) is 0. The van der Waals surface area contributed by atoms with Crippen LogP contribution in [0.1, 0.15) is 63.6 Å². The summed E-state index contributed by atoms with van der Waals surface area (Å²) in [7, 11) is 0. The minimum absolute atomic E-state index is 0.476. The fraction of sp³-hybridized carbons (Fsp3) is 0.846. The number of aromatic nitrogens is 2. The lowest BCUT2D eigenvalue weighted by Crippen LogP contribution is -2.28. The highest BCUT2D eigenvalue weighted by Crippen LogP contribution is 2.40. The maximum Gasteiger partial charge on any atom is 0.202 e. The second-order valence-electron chi connectivity index (χ2n) is 5.96. The molecule has 0 radical (unpaired) electrons. The van der Waals surface area contributed by atoms with Gasteiger partial charge in [0, 0.05) is 24.0 Å². The van der Waals surface area contributed by atoms with Crippen LogP contribution in [0.5, 0.6) is 0 Å². The van der Waals surface area contributed by atoms with Crippen LogP contribution in [-0.2, 0) is 0 Å². The van der Waals surface area contributed by atoms with Gasteiger partial charge in [0.2, 0.25) is 5.13 Å². The summed E-state index contributed by atoms with van der Waals surface area (Å²) in [6.07, 6.45) is 9.48. The third-order valence-electron chi connectivity index (χ3n) is 4.11. The Labute approximate surface area is 107 Å². The van der Waals surface area contributed by atoms with Gasteiger partial charge < -0.3 is 5.32 Å². The second-order valence-corrected chi connectivity index (χ2v) is 6.71. The molecule has 1 aromatic rings. The zero-order valence-corrected chi connectivity index (χ0v) is 11.4. The Morgan fingerprint density at radius 3 is 2.76 bits per heavy atom. The Morgan fingerprint density at radius 1 is 1.29 bits per heavy atom. The van der Waals surface area contributed by atoms with Gasteiger partial charge in [-0.1, -0.05) is 26.2 Å². The number of anilines is 1. The van der Waals surface area contributed by atoms with E-state index >= 15 is 0 Å². The highest BCUT2D eigenvalue weighted by atomic mass is 32.1. The predicted molar refractivity (Wildman–Crippen MR) is 71.6 cm³/mol. The molecule has 3 nitrogen and oxygen atoms in total. The van der Waals surface area contributed by atoms with Crippen LogP contribution in [0.25, 0.3) is 0 Å². The standard InChI is InChI=1S/C13H21N3S/c1-13(7-3-2-4-8-13)9-14-12-15-11(16-17-12)10-5-6-10/h10H,2-9H2,1H3,(H,14,15,16). The topological polar surface area (TPSA) is 37.8 Å². The van der Waals surface area contributed by atoms with E-state index in [-0.39, 0.29) is 0 Å². The van der Waals surface area contributed by atoms with Crippen molar-refractivity contribution in [2.24, 2.45) is 5.41 Å². The summed E-state index contributed by atoms with van der Waals surface area (Å²) in [6.45, 7) is 3.47. The molecule has 0 bridgehead atoms. The largest absolute Gasteiger partial charge is 0.360 e. The van der Waals surface area contributed by atoms with Crippen LogP contribution in [-0.4, -0.2) is 15.9 Å². The first kappa shape index (κ1) is 11.5. The van der Waals surface area contributed by atoms with Gasteiger partial charge >= 0.3 is 0 Å². The van der Waals surface area contributed by atoms with Crippen LogP contribution in [0.3, 0.4) is 0 Å². The lowest BCUT2D eigenvalue weighted by Gasteiger charge is -2.33. The van der Waals surface area contributed by atoms with Gasteiger partial charge in [0.05, 0.1) is 0 Å². The van der Waals surface area contributed by atoms with Crippen molar-refractivity contribution in [1.29, 1.82) is 0 Å². The van der Waals surface area contributed by atoms with E-state index in [4.69, 9.17) is 0 Å². The molecule has 2 fully saturated rings. The maximum atomic E-state index is 4.58. The van der Waals surface area contributed by atoms with Crippen LogP contribution in [0.4, 0.5) is 5.13 Å². The van der Waals surface area contributed by atoms with E-state index in [9.17, 15) is 0 Å². The van der Waals surface area contributed by atoms with Gasteiger partial charge in [0.15, 0.2) is 0 Å².